The lowest BCUT2D eigenvalue weighted by molar-refractivity contribution is -0.138. The van der Waals surface area contributed by atoms with Crippen LogP contribution >= 0.6 is 0 Å². The number of anilines is 2. The number of carbonyl (C=O) groups is 1. The standard InChI is InChI=1S/C17H24N6O2/c1-11-4-5-12(2)14(10-11)25-13(3)15(24)22-6-8-23(9-7-22)17-19-16(18)20-21-17/h4-5,10,13H,6-9H2,1-3H3,(H3,18,19,20,21). The summed E-state index contributed by atoms with van der Waals surface area (Å²) < 4.78 is 5.90. The Morgan fingerprint density at radius 2 is 2.00 bits per heavy atom. The molecule has 1 fully saturated rings. The number of hydrogen-bond acceptors (Lipinski definition) is 6. The van der Waals surface area contributed by atoms with E-state index in [2.05, 4.69) is 15.2 Å². The zero-order valence-electron chi connectivity index (χ0n) is 14.8. The summed E-state index contributed by atoms with van der Waals surface area (Å²) in [6.07, 6.45) is -0.522. The number of amides is 1. The van der Waals surface area contributed by atoms with Gasteiger partial charge in [0.1, 0.15) is 5.75 Å². The molecule has 0 radical (unpaired) electrons. The number of nitrogens with zero attached hydrogens (tertiary/aromatic N) is 4. The number of rotatable bonds is 4. The highest BCUT2D eigenvalue weighted by molar-refractivity contribution is 5.81. The summed E-state index contributed by atoms with van der Waals surface area (Å²) >= 11 is 0. The molecule has 0 aliphatic carbocycles. The predicted octanol–water partition coefficient (Wildman–Crippen LogP) is 1.12. The lowest BCUT2D eigenvalue weighted by Gasteiger charge is -2.35. The highest BCUT2D eigenvalue weighted by Gasteiger charge is 2.27. The highest BCUT2D eigenvalue weighted by Crippen LogP contribution is 2.21. The third-order valence-corrected chi connectivity index (χ3v) is 4.36. The smallest absolute Gasteiger partial charge is 0.263 e. The largest absolute Gasteiger partial charge is 0.481 e. The molecule has 8 nitrogen and oxygen atoms in total. The number of ether oxygens (including phenoxy) is 1. The first-order valence-corrected chi connectivity index (χ1v) is 8.39. The Balaban J connectivity index is 1.57. The summed E-state index contributed by atoms with van der Waals surface area (Å²) in [5, 5.41) is 6.68. The molecule has 8 heteroatoms. The summed E-state index contributed by atoms with van der Waals surface area (Å²) in [4.78, 5) is 20.6. The summed E-state index contributed by atoms with van der Waals surface area (Å²) in [6.45, 7) is 8.33. The second kappa shape index (κ2) is 7.00. The monoisotopic (exact) mass is 344 g/mol. The maximum atomic E-state index is 12.7. The van der Waals surface area contributed by atoms with Gasteiger partial charge in [-0.25, -0.2) is 5.10 Å². The lowest BCUT2D eigenvalue weighted by atomic mass is 10.1. The Labute approximate surface area is 147 Å². The van der Waals surface area contributed by atoms with Gasteiger partial charge in [0, 0.05) is 26.2 Å². The van der Waals surface area contributed by atoms with Crippen LogP contribution in [0.1, 0.15) is 18.1 Å². The fourth-order valence-corrected chi connectivity index (χ4v) is 2.87. The van der Waals surface area contributed by atoms with Crippen LogP contribution in [0.2, 0.25) is 0 Å². The van der Waals surface area contributed by atoms with Gasteiger partial charge in [0.25, 0.3) is 5.91 Å². The first-order chi connectivity index (χ1) is 11.9. The lowest BCUT2D eigenvalue weighted by Crippen LogP contribution is -2.52. The second-order valence-corrected chi connectivity index (χ2v) is 6.36. The summed E-state index contributed by atoms with van der Waals surface area (Å²) in [6, 6.07) is 6.00. The number of nitrogens with two attached hydrogens (primary N) is 1. The van der Waals surface area contributed by atoms with Crippen molar-refractivity contribution in [2.75, 3.05) is 36.8 Å². The fourth-order valence-electron chi connectivity index (χ4n) is 2.87. The van der Waals surface area contributed by atoms with Gasteiger partial charge in [-0.2, -0.15) is 4.98 Å². The molecule has 1 aromatic carbocycles. The van der Waals surface area contributed by atoms with Gasteiger partial charge in [-0.15, -0.1) is 5.10 Å². The Hall–Kier alpha value is -2.77. The van der Waals surface area contributed by atoms with Crippen molar-refractivity contribution < 1.29 is 9.53 Å². The maximum absolute atomic E-state index is 12.7. The number of aromatic amines is 1. The van der Waals surface area contributed by atoms with Crippen molar-refractivity contribution >= 4 is 17.8 Å². The Morgan fingerprint density at radius 1 is 1.28 bits per heavy atom. The van der Waals surface area contributed by atoms with E-state index in [1.165, 1.54) is 0 Å². The van der Waals surface area contributed by atoms with E-state index >= 15 is 0 Å². The van der Waals surface area contributed by atoms with Gasteiger partial charge < -0.3 is 20.3 Å². The van der Waals surface area contributed by atoms with Gasteiger partial charge in [0.15, 0.2) is 6.10 Å². The molecule has 25 heavy (non-hydrogen) atoms. The summed E-state index contributed by atoms with van der Waals surface area (Å²) in [7, 11) is 0. The minimum absolute atomic E-state index is 0.00458. The van der Waals surface area contributed by atoms with E-state index in [9.17, 15) is 4.79 Å². The molecule has 3 N–H and O–H groups in total. The van der Waals surface area contributed by atoms with Gasteiger partial charge >= 0.3 is 0 Å². The van der Waals surface area contributed by atoms with Crippen LogP contribution in [0, 0.1) is 13.8 Å². The van der Waals surface area contributed by atoms with Gasteiger partial charge in [-0.05, 0) is 38.0 Å². The van der Waals surface area contributed by atoms with E-state index in [1.807, 2.05) is 41.8 Å². The molecular formula is C17H24N6O2. The van der Waals surface area contributed by atoms with E-state index in [-0.39, 0.29) is 5.91 Å². The summed E-state index contributed by atoms with van der Waals surface area (Å²) in [5.74, 6) is 1.62. The van der Waals surface area contributed by atoms with Crippen LogP contribution in [0.15, 0.2) is 18.2 Å². The van der Waals surface area contributed by atoms with Gasteiger partial charge in [-0.3, -0.25) is 4.79 Å². The number of nitrogen functional groups attached to an aromatic ring is 1. The minimum Gasteiger partial charge on any atom is -0.481 e. The predicted molar refractivity (Wildman–Crippen MR) is 95.6 cm³/mol. The van der Waals surface area contributed by atoms with E-state index in [0.29, 0.717) is 38.1 Å². The van der Waals surface area contributed by atoms with E-state index in [1.54, 1.807) is 6.92 Å². The SMILES string of the molecule is Cc1ccc(C)c(OC(C)C(=O)N2CCN(c3n[nH]c(N)n3)CC2)c1. The van der Waals surface area contributed by atoms with Crippen molar-refractivity contribution in [1.82, 2.24) is 20.1 Å². The topological polar surface area (TPSA) is 100 Å². The van der Waals surface area contributed by atoms with Gasteiger partial charge in [0.05, 0.1) is 0 Å². The molecule has 1 aliphatic rings. The Bertz CT molecular complexity index is 751. The molecule has 134 valence electrons. The summed E-state index contributed by atoms with van der Waals surface area (Å²) in [5.41, 5.74) is 7.70. The van der Waals surface area contributed by atoms with Crippen LogP contribution < -0.4 is 15.4 Å². The first kappa shape index (κ1) is 17.1. The van der Waals surface area contributed by atoms with Crippen molar-refractivity contribution in [1.29, 1.82) is 0 Å². The van der Waals surface area contributed by atoms with Crippen LogP contribution in [0.25, 0.3) is 0 Å². The Morgan fingerprint density at radius 3 is 2.64 bits per heavy atom. The molecule has 2 heterocycles. The molecule has 1 amide bonds. The third-order valence-electron chi connectivity index (χ3n) is 4.36. The van der Waals surface area contributed by atoms with Gasteiger partial charge in [-0.1, -0.05) is 12.1 Å². The molecule has 0 saturated carbocycles. The van der Waals surface area contributed by atoms with Crippen molar-refractivity contribution in [3.05, 3.63) is 29.3 Å². The van der Waals surface area contributed by atoms with E-state index < -0.39 is 6.10 Å². The number of aryl methyl sites for hydroxylation is 2. The average molecular weight is 344 g/mol. The van der Waals surface area contributed by atoms with Crippen LogP contribution in [0.3, 0.4) is 0 Å². The number of benzene rings is 1. The maximum Gasteiger partial charge on any atom is 0.263 e. The number of carbonyl (C=O) groups excluding carboxylic acids is 1. The highest BCUT2D eigenvalue weighted by atomic mass is 16.5. The number of piperazine rings is 1. The Kier molecular flexibility index (Phi) is 4.78. The van der Waals surface area contributed by atoms with Crippen LogP contribution in [-0.2, 0) is 4.79 Å². The number of aromatic nitrogens is 3. The van der Waals surface area contributed by atoms with Crippen molar-refractivity contribution in [2.45, 2.75) is 26.9 Å². The third kappa shape index (κ3) is 3.84. The molecule has 2 aromatic rings. The first-order valence-electron chi connectivity index (χ1n) is 8.39. The fraction of sp³-hybridized carbons (Fsp3) is 0.471. The van der Waals surface area contributed by atoms with Gasteiger partial charge in [0.2, 0.25) is 11.9 Å². The van der Waals surface area contributed by atoms with Crippen molar-refractivity contribution in [3.63, 3.8) is 0 Å². The molecule has 1 saturated heterocycles. The van der Waals surface area contributed by atoms with Crippen LogP contribution in [0.5, 0.6) is 5.75 Å². The van der Waals surface area contributed by atoms with E-state index in [4.69, 9.17) is 10.5 Å². The number of hydrogen-bond donors (Lipinski definition) is 2. The normalized spacial score (nSPS) is 16.0. The molecule has 3 rings (SSSR count). The number of H-pyrrole nitrogens is 1. The molecule has 1 unspecified atom stereocenters. The van der Waals surface area contributed by atoms with Crippen molar-refractivity contribution in [3.8, 4) is 5.75 Å². The number of nitrogens with one attached hydrogen (secondary N) is 1. The molecule has 0 spiro atoms. The molecule has 1 aliphatic heterocycles. The molecule has 1 atom stereocenters. The quantitative estimate of drug-likeness (QED) is 0.862. The van der Waals surface area contributed by atoms with Crippen molar-refractivity contribution in [2.24, 2.45) is 0 Å². The van der Waals surface area contributed by atoms with Crippen LogP contribution in [-0.4, -0.2) is 58.3 Å². The second-order valence-electron chi connectivity index (χ2n) is 6.36. The molecular weight excluding hydrogens is 320 g/mol. The van der Waals surface area contributed by atoms with Crippen LogP contribution in [0.4, 0.5) is 11.9 Å². The molecule has 1 aromatic heterocycles. The zero-order valence-corrected chi connectivity index (χ0v) is 14.8. The zero-order chi connectivity index (χ0) is 18.0. The molecule has 0 bridgehead atoms. The van der Waals surface area contributed by atoms with E-state index in [0.717, 1.165) is 16.9 Å². The average Bonchev–Trinajstić information content (AvgIpc) is 3.04. The minimum atomic E-state index is -0.522.